The summed E-state index contributed by atoms with van der Waals surface area (Å²) >= 11 is 3.51. The summed E-state index contributed by atoms with van der Waals surface area (Å²) in [5, 5.41) is 17.4. The first kappa shape index (κ1) is 19.6. The molecule has 7 heteroatoms. The average Bonchev–Trinajstić information content (AvgIpc) is 3.16. The van der Waals surface area contributed by atoms with Crippen LogP contribution in [0, 0.1) is 6.92 Å². The molecule has 4 rings (SSSR count). The van der Waals surface area contributed by atoms with Crippen LogP contribution in [0.4, 0.5) is 5.69 Å². The summed E-state index contributed by atoms with van der Waals surface area (Å²) in [6.07, 6.45) is 5.47. The van der Waals surface area contributed by atoms with Gasteiger partial charge in [-0.2, -0.15) is 5.10 Å². The first-order valence-electron chi connectivity index (χ1n) is 10.1. The summed E-state index contributed by atoms with van der Waals surface area (Å²) in [6.45, 7) is 4.01. The second kappa shape index (κ2) is 8.35. The Morgan fingerprint density at radius 2 is 2.14 bits per heavy atom. The fourth-order valence-electron chi connectivity index (χ4n) is 4.47. The Morgan fingerprint density at radius 3 is 2.96 bits per heavy atom. The third-order valence-corrected chi connectivity index (χ3v) is 6.89. The van der Waals surface area contributed by atoms with Crippen molar-refractivity contribution in [2.24, 2.45) is 0 Å². The molecule has 0 radical (unpaired) electrons. The van der Waals surface area contributed by atoms with E-state index in [4.69, 9.17) is 0 Å². The van der Waals surface area contributed by atoms with Gasteiger partial charge in [0.1, 0.15) is 0 Å². The van der Waals surface area contributed by atoms with Crippen molar-refractivity contribution in [3.8, 4) is 0 Å². The van der Waals surface area contributed by atoms with Gasteiger partial charge in [-0.3, -0.25) is 14.4 Å². The maximum atomic E-state index is 12.8. The number of amides is 1. The minimum Gasteiger partial charge on any atom is -0.395 e. The molecule has 1 fully saturated rings. The highest BCUT2D eigenvalue weighted by Crippen LogP contribution is 2.35. The highest BCUT2D eigenvalue weighted by molar-refractivity contribution is 9.10. The summed E-state index contributed by atoms with van der Waals surface area (Å²) in [5.74, 6) is -0.181. The Labute approximate surface area is 174 Å². The number of nitrogens with zero attached hydrogens (tertiary/aromatic N) is 3. The van der Waals surface area contributed by atoms with E-state index >= 15 is 0 Å². The van der Waals surface area contributed by atoms with E-state index in [9.17, 15) is 9.90 Å². The average molecular weight is 447 g/mol. The SMILES string of the molecule is Cc1c(Br)cccc1NC(=O)c1cc2n(n1)CCC[C@@H]2N1CCCC[C@@H]1CO. The van der Waals surface area contributed by atoms with Gasteiger partial charge in [-0.1, -0.05) is 28.4 Å². The molecule has 0 saturated carbocycles. The van der Waals surface area contributed by atoms with Crippen LogP contribution in [0.5, 0.6) is 0 Å². The number of rotatable bonds is 4. The van der Waals surface area contributed by atoms with Gasteiger partial charge >= 0.3 is 0 Å². The molecule has 28 heavy (non-hydrogen) atoms. The predicted octanol–water partition coefficient (Wildman–Crippen LogP) is 3.89. The van der Waals surface area contributed by atoms with Gasteiger partial charge in [0.15, 0.2) is 5.69 Å². The summed E-state index contributed by atoms with van der Waals surface area (Å²) in [7, 11) is 0. The standard InChI is InChI=1S/C21H27BrN4O2/c1-14-16(22)7-4-8-17(14)23-21(28)18-12-20-19(9-5-11-26(20)24-18)25-10-3-2-6-15(25)13-27/h4,7-8,12,15,19,27H,2-3,5-6,9-11,13H2,1H3,(H,23,28)/t15-,19+/m1/s1. The van der Waals surface area contributed by atoms with Crippen molar-refractivity contribution in [1.82, 2.24) is 14.7 Å². The first-order valence-corrected chi connectivity index (χ1v) is 10.9. The van der Waals surface area contributed by atoms with Crippen molar-refractivity contribution in [3.05, 3.63) is 45.7 Å². The number of carbonyl (C=O) groups excluding carboxylic acids is 1. The van der Waals surface area contributed by atoms with E-state index in [1.54, 1.807) is 0 Å². The number of hydrogen-bond donors (Lipinski definition) is 2. The lowest BCUT2D eigenvalue weighted by molar-refractivity contribution is 0.0393. The molecular weight excluding hydrogens is 420 g/mol. The van der Waals surface area contributed by atoms with E-state index in [0.717, 1.165) is 60.2 Å². The van der Waals surface area contributed by atoms with E-state index in [-0.39, 0.29) is 24.6 Å². The number of piperidine rings is 1. The lowest BCUT2D eigenvalue weighted by atomic mass is 9.95. The van der Waals surface area contributed by atoms with Gasteiger partial charge in [-0.25, -0.2) is 0 Å². The molecule has 2 aromatic rings. The van der Waals surface area contributed by atoms with Crippen LogP contribution in [0.25, 0.3) is 0 Å². The van der Waals surface area contributed by atoms with Crippen LogP contribution in [0.3, 0.4) is 0 Å². The number of benzene rings is 1. The summed E-state index contributed by atoms with van der Waals surface area (Å²) < 4.78 is 2.95. The highest BCUT2D eigenvalue weighted by atomic mass is 79.9. The van der Waals surface area contributed by atoms with Crippen LogP contribution < -0.4 is 5.32 Å². The quantitative estimate of drug-likeness (QED) is 0.746. The van der Waals surface area contributed by atoms with Crippen molar-refractivity contribution < 1.29 is 9.90 Å². The maximum absolute atomic E-state index is 12.8. The van der Waals surface area contributed by atoms with E-state index < -0.39 is 0 Å². The molecule has 0 aliphatic carbocycles. The number of carbonyl (C=O) groups is 1. The molecule has 0 spiro atoms. The lowest BCUT2D eigenvalue weighted by Crippen LogP contribution is -2.45. The monoisotopic (exact) mass is 446 g/mol. The number of likely N-dealkylation sites (tertiary alicyclic amines) is 1. The Balaban J connectivity index is 1.57. The number of aliphatic hydroxyl groups is 1. The zero-order chi connectivity index (χ0) is 19.7. The minimum atomic E-state index is -0.181. The summed E-state index contributed by atoms with van der Waals surface area (Å²) in [4.78, 5) is 15.3. The van der Waals surface area contributed by atoms with Crippen LogP contribution in [0.1, 0.15) is 59.9 Å². The minimum absolute atomic E-state index is 0.181. The number of anilines is 1. The normalized spacial score (nSPS) is 22.7. The first-order chi connectivity index (χ1) is 13.6. The van der Waals surface area contributed by atoms with Crippen LogP contribution in [0.2, 0.25) is 0 Å². The Morgan fingerprint density at radius 1 is 1.29 bits per heavy atom. The molecule has 2 atom stereocenters. The maximum Gasteiger partial charge on any atom is 0.276 e. The van der Waals surface area contributed by atoms with Crippen molar-refractivity contribution in [2.45, 2.75) is 57.7 Å². The Kier molecular flexibility index (Phi) is 5.85. The molecule has 0 unspecified atom stereocenters. The number of aryl methyl sites for hydroxylation is 1. The number of hydrogen-bond acceptors (Lipinski definition) is 4. The van der Waals surface area contributed by atoms with Crippen molar-refractivity contribution in [2.75, 3.05) is 18.5 Å². The van der Waals surface area contributed by atoms with E-state index in [1.807, 2.05) is 35.9 Å². The molecule has 2 aliphatic rings. The van der Waals surface area contributed by atoms with Gasteiger partial charge in [0, 0.05) is 22.7 Å². The van der Waals surface area contributed by atoms with Gasteiger partial charge in [-0.05, 0) is 62.9 Å². The fourth-order valence-corrected chi connectivity index (χ4v) is 4.83. The van der Waals surface area contributed by atoms with Gasteiger partial charge in [-0.15, -0.1) is 0 Å². The van der Waals surface area contributed by atoms with Crippen LogP contribution in [-0.4, -0.2) is 44.9 Å². The van der Waals surface area contributed by atoms with Crippen LogP contribution >= 0.6 is 15.9 Å². The molecule has 0 bridgehead atoms. The third kappa shape index (κ3) is 3.75. The van der Waals surface area contributed by atoms with E-state index in [1.165, 1.54) is 6.42 Å². The number of nitrogens with one attached hydrogen (secondary N) is 1. The zero-order valence-corrected chi connectivity index (χ0v) is 17.8. The molecule has 6 nitrogen and oxygen atoms in total. The Bertz CT molecular complexity index is 866. The summed E-state index contributed by atoms with van der Waals surface area (Å²) in [6, 6.07) is 8.15. The molecule has 3 heterocycles. The smallest absolute Gasteiger partial charge is 0.276 e. The zero-order valence-electron chi connectivity index (χ0n) is 16.2. The van der Waals surface area contributed by atoms with Crippen LogP contribution in [-0.2, 0) is 6.54 Å². The largest absolute Gasteiger partial charge is 0.395 e. The molecule has 1 saturated heterocycles. The van der Waals surface area contributed by atoms with Crippen molar-refractivity contribution >= 4 is 27.5 Å². The second-order valence-electron chi connectivity index (χ2n) is 7.77. The molecule has 150 valence electrons. The van der Waals surface area contributed by atoms with Crippen LogP contribution in [0.15, 0.2) is 28.7 Å². The summed E-state index contributed by atoms with van der Waals surface area (Å²) in [5.41, 5.74) is 3.34. The molecule has 2 aliphatic heterocycles. The number of aliphatic hydroxyl groups excluding tert-OH is 1. The van der Waals surface area contributed by atoms with Gasteiger partial charge in [0.05, 0.1) is 18.3 Å². The van der Waals surface area contributed by atoms with Crippen molar-refractivity contribution in [3.63, 3.8) is 0 Å². The molecule has 2 N–H and O–H groups in total. The molecule has 1 aromatic carbocycles. The van der Waals surface area contributed by atoms with Gasteiger partial charge in [0.25, 0.3) is 5.91 Å². The number of halogens is 1. The number of aromatic nitrogens is 2. The predicted molar refractivity (Wildman–Crippen MR) is 112 cm³/mol. The van der Waals surface area contributed by atoms with Gasteiger partial charge in [0.2, 0.25) is 0 Å². The van der Waals surface area contributed by atoms with E-state index in [0.29, 0.717) is 5.69 Å². The topological polar surface area (TPSA) is 70.4 Å². The molecule has 1 aromatic heterocycles. The highest BCUT2D eigenvalue weighted by Gasteiger charge is 2.34. The van der Waals surface area contributed by atoms with Gasteiger partial charge < -0.3 is 10.4 Å². The fraction of sp³-hybridized carbons (Fsp3) is 0.524. The number of fused-ring (bicyclic) bond motifs is 1. The third-order valence-electron chi connectivity index (χ3n) is 6.03. The molecule has 1 amide bonds. The lowest BCUT2D eigenvalue weighted by Gasteiger charge is -2.42. The molecular formula is C21H27BrN4O2. The Hall–Kier alpha value is -1.70. The van der Waals surface area contributed by atoms with E-state index in [2.05, 4.69) is 31.2 Å². The van der Waals surface area contributed by atoms with Crippen molar-refractivity contribution in [1.29, 1.82) is 0 Å². The second-order valence-corrected chi connectivity index (χ2v) is 8.63.